The van der Waals surface area contributed by atoms with Crippen LogP contribution in [0.3, 0.4) is 0 Å². The molecule has 0 spiro atoms. The molecular weight excluding hydrogens is 286 g/mol. The molecular formula is C18H25N5. The van der Waals surface area contributed by atoms with Gasteiger partial charge >= 0.3 is 0 Å². The van der Waals surface area contributed by atoms with Crippen LogP contribution < -0.4 is 0 Å². The van der Waals surface area contributed by atoms with Gasteiger partial charge in [0, 0.05) is 51.2 Å². The summed E-state index contributed by atoms with van der Waals surface area (Å²) in [5.74, 6) is 0. The Balaban J connectivity index is 1.48. The minimum Gasteiger partial charge on any atom is -0.297 e. The maximum absolute atomic E-state index is 4.83. The third kappa shape index (κ3) is 3.16. The molecule has 0 bridgehead atoms. The maximum Gasteiger partial charge on any atom is 0.0800 e. The van der Waals surface area contributed by atoms with Crippen LogP contribution in [0.25, 0.3) is 0 Å². The van der Waals surface area contributed by atoms with Crippen molar-refractivity contribution in [3.8, 4) is 0 Å². The second kappa shape index (κ2) is 6.42. The van der Waals surface area contributed by atoms with E-state index in [0.717, 1.165) is 32.6 Å². The summed E-state index contributed by atoms with van der Waals surface area (Å²) in [6, 6.07) is 4.17. The Labute approximate surface area is 137 Å². The fraction of sp³-hybridized carbons (Fsp3) is 0.556. The summed E-state index contributed by atoms with van der Waals surface area (Å²) >= 11 is 0. The van der Waals surface area contributed by atoms with Crippen molar-refractivity contribution in [1.29, 1.82) is 0 Å². The predicted molar refractivity (Wildman–Crippen MR) is 89.8 cm³/mol. The van der Waals surface area contributed by atoms with E-state index in [0.29, 0.717) is 0 Å². The van der Waals surface area contributed by atoms with Crippen molar-refractivity contribution in [3.05, 3.63) is 47.0 Å². The summed E-state index contributed by atoms with van der Waals surface area (Å²) in [5.41, 5.74) is 5.50. The molecule has 23 heavy (non-hydrogen) atoms. The summed E-state index contributed by atoms with van der Waals surface area (Å²) in [6.45, 7) is 6.58. The largest absolute Gasteiger partial charge is 0.297 e. The fourth-order valence-corrected chi connectivity index (χ4v) is 3.88. The zero-order valence-electron chi connectivity index (χ0n) is 13.9. The molecule has 0 aromatic carbocycles. The monoisotopic (exact) mass is 311 g/mol. The highest BCUT2D eigenvalue weighted by atomic mass is 15.3. The van der Waals surface area contributed by atoms with E-state index >= 15 is 0 Å². The summed E-state index contributed by atoms with van der Waals surface area (Å²) in [6.07, 6.45) is 7.61. The van der Waals surface area contributed by atoms with Gasteiger partial charge in [-0.05, 0) is 44.0 Å². The van der Waals surface area contributed by atoms with Crippen molar-refractivity contribution < 1.29 is 0 Å². The van der Waals surface area contributed by atoms with Crippen molar-refractivity contribution in [3.63, 3.8) is 0 Å². The zero-order chi connectivity index (χ0) is 15.6. The Morgan fingerprint density at radius 2 is 1.96 bits per heavy atom. The Kier molecular flexibility index (Phi) is 4.14. The van der Waals surface area contributed by atoms with Crippen LogP contribution in [0.2, 0.25) is 0 Å². The number of likely N-dealkylation sites (tertiary alicyclic amines) is 1. The van der Waals surface area contributed by atoms with E-state index in [1.165, 1.54) is 48.4 Å². The van der Waals surface area contributed by atoms with Gasteiger partial charge in [-0.3, -0.25) is 19.5 Å². The molecule has 2 aliphatic heterocycles. The number of pyridine rings is 1. The highest BCUT2D eigenvalue weighted by Crippen LogP contribution is 2.25. The van der Waals surface area contributed by atoms with Crippen LogP contribution in [0.5, 0.6) is 0 Å². The number of hydrogen-bond donors (Lipinski definition) is 0. The van der Waals surface area contributed by atoms with Crippen LogP contribution in [0.4, 0.5) is 0 Å². The minimum atomic E-state index is 0.972. The molecule has 0 aliphatic carbocycles. The van der Waals surface area contributed by atoms with Crippen LogP contribution in [0.1, 0.15) is 35.4 Å². The third-order valence-electron chi connectivity index (χ3n) is 5.11. The number of hydrogen-bond acceptors (Lipinski definition) is 4. The molecule has 5 nitrogen and oxygen atoms in total. The van der Waals surface area contributed by atoms with E-state index < -0.39 is 0 Å². The molecule has 0 N–H and O–H groups in total. The topological polar surface area (TPSA) is 37.2 Å². The van der Waals surface area contributed by atoms with Gasteiger partial charge in [0.1, 0.15) is 0 Å². The lowest BCUT2D eigenvalue weighted by Gasteiger charge is -2.27. The molecule has 2 aliphatic rings. The van der Waals surface area contributed by atoms with E-state index in [2.05, 4.69) is 32.6 Å². The molecule has 122 valence electrons. The SMILES string of the molecule is Cn1nc(CN2CCCC2)c2c1CN(Cc1cccnc1)CC2. The lowest BCUT2D eigenvalue weighted by molar-refractivity contribution is 0.237. The number of aryl methyl sites for hydroxylation is 1. The van der Waals surface area contributed by atoms with Gasteiger partial charge in [-0.15, -0.1) is 0 Å². The second-order valence-electron chi connectivity index (χ2n) is 6.80. The molecule has 0 saturated carbocycles. The van der Waals surface area contributed by atoms with Crippen molar-refractivity contribution in [2.24, 2.45) is 7.05 Å². The van der Waals surface area contributed by atoms with Crippen molar-refractivity contribution in [2.45, 2.75) is 38.9 Å². The van der Waals surface area contributed by atoms with Gasteiger partial charge in [0.05, 0.1) is 11.4 Å². The van der Waals surface area contributed by atoms with Gasteiger partial charge in [-0.1, -0.05) is 6.07 Å². The number of rotatable bonds is 4. The van der Waals surface area contributed by atoms with Gasteiger partial charge in [0.25, 0.3) is 0 Å². The quantitative estimate of drug-likeness (QED) is 0.865. The molecule has 2 aromatic rings. The van der Waals surface area contributed by atoms with Crippen molar-refractivity contribution >= 4 is 0 Å². The Morgan fingerprint density at radius 3 is 2.74 bits per heavy atom. The Morgan fingerprint density at radius 1 is 1.09 bits per heavy atom. The third-order valence-corrected chi connectivity index (χ3v) is 5.11. The zero-order valence-corrected chi connectivity index (χ0v) is 13.9. The summed E-state index contributed by atoms with van der Waals surface area (Å²) in [5, 5.41) is 4.83. The van der Waals surface area contributed by atoms with Crippen LogP contribution in [0, 0.1) is 0 Å². The smallest absolute Gasteiger partial charge is 0.0800 e. The molecule has 2 aromatic heterocycles. The lowest BCUT2D eigenvalue weighted by Crippen LogP contribution is -2.31. The molecule has 4 rings (SSSR count). The van der Waals surface area contributed by atoms with E-state index in [-0.39, 0.29) is 0 Å². The molecule has 0 radical (unpaired) electrons. The van der Waals surface area contributed by atoms with E-state index in [1.54, 1.807) is 0 Å². The lowest BCUT2D eigenvalue weighted by atomic mass is 10.0. The fourth-order valence-electron chi connectivity index (χ4n) is 3.88. The van der Waals surface area contributed by atoms with E-state index in [1.807, 2.05) is 18.5 Å². The number of aromatic nitrogens is 3. The first-order valence-electron chi connectivity index (χ1n) is 8.67. The number of nitrogens with zero attached hydrogens (tertiary/aromatic N) is 5. The standard InChI is InChI=1S/C18H25N5/c1-21-18-14-23(12-15-5-4-7-19-11-15)10-6-16(18)17(20-21)13-22-8-2-3-9-22/h4-5,7,11H,2-3,6,8-10,12-14H2,1H3. The van der Waals surface area contributed by atoms with Crippen LogP contribution in [-0.4, -0.2) is 44.2 Å². The van der Waals surface area contributed by atoms with E-state index in [9.17, 15) is 0 Å². The van der Waals surface area contributed by atoms with Gasteiger partial charge < -0.3 is 0 Å². The average molecular weight is 311 g/mol. The molecule has 1 fully saturated rings. The van der Waals surface area contributed by atoms with Crippen molar-refractivity contribution in [1.82, 2.24) is 24.6 Å². The second-order valence-corrected chi connectivity index (χ2v) is 6.80. The Bertz CT molecular complexity index is 658. The van der Waals surface area contributed by atoms with Gasteiger partial charge in [-0.2, -0.15) is 5.10 Å². The molecule has 0 unspecified atom stereocenters. The summed E-state index contributed by atoms with van der Waals surface area (Å²) in [7, 11) is 2.10. The van der Waals surface area contributed by atoms with Crippen LogP contribution in [-0.2, 0) is 33.1 Å². The first-order valence-corrected chi connectivity index (χ1v) is 8.67. The highest BCUT2D eigenvalue weighted by Gasteiger charge is 2.25. The molecule has 4 heterocycles. The maximum atomic E-state index is 4.83. The van der Waals surface area contributed by atoms with Crippen LogP contribution >= 0.6 is 0 Å². The molecule has 1 saturated heterocycles. The van der Waals surface area contributed by atoms with Crippen molar-refractivity contribution in [2.75, 3.05) is 19.6 Å². The average Bonchev–Trinajstić information content (AvgIpc) is 3.18. The first-order chi connectivity index (χ1) is 11.3. The van der Waals surface area contributed by atoms with Crippen LogP contribution in [0.15, 0.2) is 24.5 Å². The Hall–Kier alpha value is -1.72. The molecule has 0 amide bonds. The first kappa shape index (κ1) is 14.8. The number of fused-ring (bicyclic) bond motifs is 1. The molecule has 0 atom stereocenters. The summed E-state index contributed by atoms with van der Waals surface area (Å²) in [4.78, 5) is 9.27. The normalized spacial score (nSPS) is 19.2. The minimum absolute atomic E-state index is 0.972. The highest BCUT2D eigenvalue weighted by molar-refractivity contribution is 5.29. The van der Waals surface area contributed by atoms with Gasteiger partial charge in [0.15, 0.2) is 0 Å². The molecule has 5 heteroatoms. The predicted octanol–water partition coefficient (Wildman–Crippen LogP) is 1.97. The summed E-state index contributed by atoms with van der Waals surface area (Å²) < 4.78 is 2.11. The van der Waals surface area contributed by atoms with Gasteiger partial charge in [-0.25, -0.2) is 0 Å². The van der Waals surface area contributed by atoms with Gasteiger partial charge in [0.2, 0.25) is 0 Å². The van der Waals surface area contributed by atoms with E-state index in [4.69, 9.17) is 5.10 Å².